The Morgan fingerprint density at radius 1 is 1.07 bits per heavy atom. The fourth-order valence-corrected chi connectivity index (χ4v) is 3.64. The molecular weight excluding hydrogens is 362 g/mol. The van der Waals surface area contributed by atoms with Crippen molar-refractivity contribution in [3.63, 3.8) is 0 Å². The van der Waals surface area contributed by atoms with Gasteiger partial charge in [-0.1, -0.05) is 67.9 Å². The molecule has 6 heteroatoms. The fraction of sp³-hybridized carbons (Fsp3) is 0.333. The molecule has 0 spiro atoms. The van der Waals surface area contributed by atoms with Crippen LogP contribution in [0.5, 0.6) is 0 Å². The Morgan fingerprint density at radius 3 is 2.44 bits per heavy atom. The maximum Gasteiger partial charge on any atom is 0.326 e. The average Bonchev–Trinajstić information content (AvgIpc) is 2.93. The number of hydrogen-bond donors (Lipinski definition) is 1. The van der Waals surface area contributed by atoms with Crippen LogP contribution in [0.3, 0.4) is 0 Å². The fourth-order valence-electron chi connectivity index (χ4n) is 3.45. The summed E-state index contributed by atoms with van der Waals surface area (Å²) in [4.78, 5) is 29.3. The molecule has 1 saturated heterocycles. The molecule has 1 fully saturated rings. The van der Waals surface area contributed by atoms with E-state index < -0.39 is 5.54 Å². The van der Waals surface area contributed by atoms with Gasteiger partial charge in [0.15, 0.2) is 0 Å². The van der Waals surface area contributed by atoms with Crippen molar-refractivity contribution in [2.45, 2.75) is 32.4 Å². The van der Waals surface area contributed by atoms with Crippen molar-refractivity contribution in [1.82, 2.24) is 15.1 Å². The van der Waals surface area contributed by atoms with Gasteiger partial charge in [-0.15, -0.1) is 0 Å². The van der Waals surface area contributed by atoms with E-state index in [2.05, 4.69) is 10.2 Å². The third-order valence-electron chi connectivity index (χ3n) is 5.06. The summed E-state index contributed by atoms with van der Waals surface area (Å²) in [7, 11) is 0. The third-order valence-corrected chi connectivity index (χ3v) is 5.30. The van der Waals surface area contributed by atoms with Crippen molar-refractivity contribution >= 4 is 23.5 Å². The average molecular weight is 386 g/mol. The molecule has 0 radical (unpaired) electrons. The molecule has 1 N–H and O–H groups in total. The summed E-state index contributed by atoms with van der Waals surface area (Å²) >= 11 is 6.11. The molecule has 3 amide bonds. The molecule has 3 rings (SSSR count). The first-order chi connectivity index (χ1) is 13.0. The normalized spacial score (nSPS) is 19.6. The van der Waals surface area contributed by atoms with Gasteiger partial charge in [0, 0.05) is 11.6 Å². The second kappa shape index (κ2) is 8.11. The number of halogens is 1. The lowest BCUT2D eigenvalue weighted by molar-refractivity contribution is -0.133. The maximum atomic E-state index is 13.3. The highest BCUT2D eigenvalue weighted by Gasteiger charge is 2.51. The molecule has 0 aromatic heterocycles. The van der Waals surface area contributed by atoms with Crippen LogP contribution >= 0.6 is 11.6 Å². The summed E-state index contributed by atoms with van der Waals surface area (Å²) in [5.41, 5.74) is 0.793. The smallest absolute Gasteiger partial charge is 0.319 e. The highest BCUT2D eigenvalue weighted by molar-refractivity contribution is 6.30. The van der Waals surface area contributed by atoms with Gasteiger partial charge in [0.05, 0.1) is 6.67 Å². The van der Waals surface area contributed by atoms with Gasteiger partial charge >= 0.3 is 6.03 Å². The monoisotopic (exact) mass is 385 g/mol. The molecule has 1 aliphatic rings. The first-order valence-corrected chi connectivity index (χ1v) is 9.54. The lowest BCUT2D eigenvalue weighted by Crippen LogP contribution is -2.45. The van der Waals surface area contributed by atoms with Crippen LogP contribution in [0.15, 0.2) is 54.6 Å². The van der Waals surface area contributed by atoms with Crippen molar-refractivity contribution < 1.29 is 9.59 Å². The van der Waals surface area contributed by atoms with E-state index in [0.717, 1.165) is 12.1 Å². The van der Waals surface area contributed by atoms with Gasteiger partial charge in [-0.3, -0.25) is 9.69 Å². The van der Waals surface area contributed by atoms with Gasteiger partial charge in [-0.25, -0.2) is 9.69 Å². The molecule has 0 unspecified atom stereocenters. The largest absolute Gasteiger partial charge is 0.326 e. The number of urea groups is 1. The molecule has 2 aromatic rings. The number of amides is 3. The van der Waals surface area contributed by atoms with Crippen LogP contribution in [0.2, 0.25) is 5.02 Å². The van der Waals surface area contributed by atoms with Gasteiger partial charge in [-0.2, -0.15) is 0 Å². The maximum absolute atomic E-state index is 13.3. The van der Waals surface area contributed by atoms with Crippen molar-refractivity contribution in [3.05, 3.63) is 70.7 Å². The SMILES string of the molecule is CCN(Cc1ccccc1)CN1C(=O)N[C@@](CC)(c2cccc(Cl)c2)C1=O. The number of imide groups is 1. The van der Waals surface area contributed by atoms with E-state index in [4.69, 9.17) is 11.6 Å². The Bertz CT molecular complexity index is 827. The summed E-state index contributed by atoms with van der Waals surface area (Å²) in [5.74, 6) is -0.233. The Morgan fingerprint density at radius 2 is 1.81 bits per heavy atom. The van der Waals surface area contributed by atoms with Gasteiger partial charge < -0.3 is 5.32 Å². The third kappa shape index (κ3) is 3.84. The summed E-state index contributed by atoms with van der Waals surface area (Å²) in [6, 6.07) is 16.8. The topological polar surface area (TPSA) is 52.6 Å². The molecule has 2 aromatic carbocycles. The molecule has 5 nitrogen and oxygen atoms in total. The summed E-state index contributed by atoms with van der Waals surface area (Å²) in [5, 5.41) is 3.45. The van der Waals surface area contributed by atoms with Crippen molar-refractivity contribution in [2.24, 2.45) is 0 Å². The van der Waals surface area contributed by atoms with Gasteiger partial charge in [-0.05, 0) is 36.2 Å². The zero-order valence-electron chi connectivity index (χ0n) is 15.6. The van der Waals surface area contributed by atoms with Crippen LogP contribution in [0.25, 0.3) is 0 Å². The van der Waals surface area contributed by atoms with Gasteiger partial charge in [0.2, 0.25) is 0 Å². The van der Waals surface area contributed by atoms with Crippen LogP contribution in [0, 0.1) is 0 Å². The number of nitrogens with one attached hydrogen (secondary N) is 1. The molecule has 0 aliphatic carbocycles. The number of carbonyl (C=O) groups excluding carboxylic acids is 2. The minimum Gasteiger partial charge on any atom is -0.319 e. The van der Waals surface area contributed by atoms with E-state index in [1.807, 2.05) is 50.2 Å². The Hall–Kier alpha value is -2.37. The molecular formula is C21H24ClN3O2. The first-order valence-electron chi connectivity index (χ1n) is 9.16. The van der Waals surface area contributed by atoms with Crippen LogP contribution < -0.4 is 5.32 Å². The Labute approximate surface area is 164 Å². The number of nitrogens with zero attached hydrogens (tertiary/aromatic N) is 2. The van der Waals surface area contributed by atoms with Crippen LogP contribution in [-0.2, 0) is 16.9 Å². The van der Waals surface area contributed by atoms with Crippen molar-refractivity contribution in [2.75, 3.05) is 13.2 Å². The molecule has 1 heterocycles. The van der Waals surface area contributed by atoms with E-state index >= 15 is 0 Å². The van der Waals surface area contributed by atoms with E-state index in [0.29, 0.717) is 23.6 Å². The second-order valence-corrected chi connectivity index (χ2v) is 7.14. The molecule has 0 saturated carbocycles. The Balaban J connectivity index is 1.82. The van der Waals surface area contributed by atoms with E-state index in [1.165, 1.54) is 4.90 Å². The van der Waals surface area contributed by atoms with Gasteiger partial charge in [0.1, 0.15) is 5.54 Å². The van der Waals surface area contributed by atoms with Crippen molar-refractivity contribution in [1.29, 1.82) is 0 Å². The quantitative estimate of drug-likeness (QED) is 0.733. The number of rotatable bonds is 7. The highest BCUT2D eigenvalue weighted by Crippen LogP contribution is 2.33. The molecule has 27 heavy (non-hydrogen) atoms. The second-order valence-electron chi connectivity index (χ2n) is 6.70. The van der Waals surface area contributed by atoms with Crippen LogP contribution in [-0.4, -0.2) is 35.0 Å². The van der Waals surface area contributed by atoms with E-state index in [-0.39, 0.29) is 18.6 Å². The van der Waals surface area contributed by atoms with Crippen LogP contribution in [0.4, 0.5) is 4.79 Å². The summed E-state index contributed by atoms with van der Waals surface area (Å²) in [6.07, 6.45) is 0.458. The van der Waals surface area contributed by atoms with Crippen molar-refractivity contribution in [3.8, 4) is 0 Å². The lowest BCUT2D eigenvalue weighted by atomic mass is 9.87. The van der Waals surface area contributed by atoms with E-state index in [9.17, 15) is 9.59 Å². The summed E-state index contributed by atoms with van der Waals surface area (Å²) < 4.78 is 0. The molecule has 1 aliphatic heterocycles. The Kier molecular flexibility index (Phi) is 5.82. The standard InChI is InChI=1S/C21H24ClN3O2/c1-3-21(17-11-8-12-18(22)13-17)19(26)25(20(27)23-21)15-24(4-2)14-16-9-6-5-7-10-16/h5-13H,3-4,14-15H2,1-2H3,(H,23,27)/t21-/m0/s1. The number of carbonyl (C=O) groups is 2. The molecule has 0 bridgehead atoms. The number of benzene rings is 2. The predicted octanol–water partition coefficient (Wildman–Crippen LogP) is 3.98. The van der Waals surface area contributed by atoms with Gasteiger partial charge in [0.25, 0.3) is 5.91 Å². The molecule has 1 atom stereocenters. The number of hydrogen-bond acceptors (Lipinski definition) is 3. The zero-order chi connectivity index (χ0) is 19.4. The molecule has 142 valence electrons. The first kappa shape index (κ1) is 19.4. The zero-order valence-corrected chi connectivity index (χ0v) is 16.4. The minimum absolute atomic E-state index is 0.233. The highest BCUT2D eigenvalue weighted by atomic mass is 35.5. The summed E-state index contributed by atoms with van der Waals surface area (Å²) in [6.45, 7) is 5.56. The van der Waals surface area contributed by atoms with E-state index in [1.54, 1.807) is 18.2 Å². The predicted molar refractivity (Wildman–Crippen MR) is 106 cm³/mol. The minimum atomic E-state index is -1.06. The lowest BCUT2D eigenvalue weighted by Gasteiger charge is -2.28. The van der Waals surface area contributed by atoms with Crippen LogP contribution in [0.1, 0.15) is 31.4 Å².